The molecule has 11 heteroatoms. The van der Waals surface area contributed by atoms with E-state index in [4.69, 9.17) is 4.74 Å². The Labute approximate surface area is 151 Å². The van der Waals surface area contributed by atoms with Gasteiger partial charge in [0.25, 0.3) is 0 Å². The molecule has 1 aromatic rings. The van der Waals surface area contributed by atoms with Crippen LogP contribution >= 0.6 is 11.3 Å². The molecule has 0 unspecified atom stereocenters. The van der Waals surface area contributed by atoms with Gasteiger partial charge in [-0.3, -0.25) is 5.32 Å². The number of hydrogen-bond acceptors (Lipinski definition) is 7. The second-order valence-corrected chi connectivity index (χ2v) is 9.33. The van der Waals surface area contributed by atoms with Crippen molar-refractivity contribution in [3.05, 3.63) is 5.01 Å². The van der Waals surface area contributed by atoms with Crippen molar-refractivity contribution >= 4 is 32.5 Å². The maximum Gasteiger partial charge on any atom is 0.323 e. The number of urea groups is 1. The fourth-order valence-electron chi connectivity index (χ4n) is 3.00. The first-order valence-electron chi connectivity index (χ1n) is 8.45. The van der Waals surface area contributed by atoms with Crippen molar-refractivity contribution in [2.45, 2.75) is 31.4 Å². The molecule has 0 aromatic carbocycles. The average Bonchev–Trinajstić information content (AvgIpc) is 3.10. The van der Waals surface area contributed by atoms with Gasteiger partial charge in [-0.25, -0.2) is 13.2 Å². The van der Waals surface area contributed by atoms with Crippen molar-refractivity contribution in [3.63, 3.8) is 0 Å². The molecule has 25 heavy (non-hydrogen) atoms. The molecular weight excluding hydrogens is 366 g/mol. The number of piperidine rings is 1. The van der Waals surface area contributed by atoms with Crippen LogP contribution in [-0.4, -0.2) is 78.5 Å². The van der Waals surface area contributed by atoms with Gasteiger partial charge >= 0.3 is 6.03 Å². The van der Waals surface area contributed by atoms with E-state index in [0.29, 0.717) is 50.8 Å². The molecule has 0 spiro atoms. The molecule has 9 nitrogen and oxygen atoms in total. The van der Waals surface area contributed by atoms with Crippen LogP contribution in [0, 0.1) is 0 Å². The Morgan fingerprint density at radius 3 is 2.76 bits per heavy atom. The molecule has 3 rings (SSSR count). The highest BCUT2D eigenvalue weighted by Crippen LogP contribution is 2.23. The molecule has 140 valence electrons. The number of aromatic nitrogens is 2. The Bertz CT molecular complexity index is 702. The van der Waals surface area contributed by atoms with Gasteiger partial charge in [0.1, 0.15) is 5.01 Å². The summed E-state index contributed by atoms with van der Waals surface area (Å²) in [5.74, 6) is 0. The lowest BCUT2D eigenvalue weighted by Gasteiger charge is -2.36. The second-order valence-electron chi connectivity index (χ2n) is 6.05. The molecule has 1 aromatic heterocycles. The maximum absolute atomic E-state index is 12.8. The molecule has 0 saturated carbocycles. The van der Waals surface area contributed by atoms with Gasteiger partial charge in [-0.2, -0.15) is 4.31 Å². The minimum absolute atomic E-state index is 0.199. The SMILES string of the molecule is CCc1nnc(NC(=O)N2CCC[C@@H](S(=O)(=O)N3CCOCC3)C2)s1. The number of likely N-dealkylation sites (tertiary alicyclic amines) is 1. The number of carbonyl (C=O) groups excluding carboxylic acids is 1. The van der Waals surface area contributed by atoms with E-state index in [9.17, 15) is 13.2 Å². The van der Waals surface area contributed by atoms with E-state index in [1.54, 1.807) is 4.90 Å². The van der Waals surface area contributed by atoms with Gasteiger partial charge in [-0.15, -0.1) is 10.2 Å². The lowest BCUT2D eigenvalue weighted by atomic mass is 10.1. The number of carbonyl (C=O) groups is 1. The fraction of sp³-hybridized carbons (Fsp3) is 0.786. The number of sulfonamides is 1. The normalized spacial score (nSPS) is 22.8. The standard InChI is InChI=1S/C14H23N5O4S2/c1-2-12-16-17-13(24-12)15-14(20)18-5-3-4-11(10-18)25(21,22)19-6-8-23-9-7-19/h11H,2-10H2,1H3,(H,15,17,20)/t11-/m1/s1. The number of amides is 2. The first-order valence-corrected chi connectivity index (χ1v) is 10.8. The maximum atomic E-state index is 12.8. The van der Waals surface area contributed by atoms with E-state index in [2.05, 4.69) is 15.5 Å². The first kappa shape index (κ1) is 18.5. The van der Waals surface area contributed by atoms with Gasteiger partial charge in [0.2, 0.25) is 15.2 Å². The third-order valence-electron chi connectivity index (χ3n) is 4.40. The Morgan fingerprint density at radius 1 is 1.32 bits per heavy atom. The van der Waals surface area contributed by atoms with Gasteiger partial charge in [-0.05, 0) is 19.3 Å². The molecule has 0 aliphatic carbocycles. The van der Waals surface area contributed by atoms with Crippen LogP contribution in [0.25, 0.3) is 0 Å². The number of nitrogens with one attached hydrogen (secondary N) is 1. The fourth-order valence-corrected chi connectivity index (χ4v) is 5.58. The van der Waals surface area contributed by atoms with Crippen LogP contribution in [0.4, 0.5) is 9.93 Å². The van der Waals surface area contributed by atoms with Crippen molar-refractivity contribution in [2.24, 2.45) is 0 Å². The zero-order valence-corrected chi connectivity index (χ0v) is 15.8. The summed E-state index contributed by atoms with van der Waals surface area (Å²) in [6, 6.07) is -0.319. The molecule has 2 fully saturated rings. The number of anilines is 1. The molecule has 3 heterocycles. The molecule has 1 atom stereocenters. The summed E-state index contributed by atoms with van der Waals surface area (Å²) in [7, 11) is -3.42. The Balaban J connectivity index is 1.62. The highest BCUT2D eigenvalue weighted by atomic mass is 32.2. The van der Waals surface area contributed by atoms with E-state index in [-0.39, 0.29) is 12.6 Å². The predicted octanol–water partition coefficient (Wildman–Crippen LogP) is 0.759. The lowest BCUT2D eigenvalue weighted by Crippen LogP contribution is -2.52. The quantitative estimate of drug-likeness (QED) is 0.815. The zero-order chi connectivity index (χ0) is 17.9. The van der Waals surface area contributed by atoms with E-state index in [1.165, 1.54) is 15.6 Å². The molecular formula is C14H23N5O4S2. The third-order valence-corrected chi connectivity index (χ3v) is 7.69. The van der Waals surface area contributed by atoms with Crippen LogP contribution in [-0.2, 0) is 21.2 Å². The number of hydrogen-bond donors (Lipinski definition) is 1. The summed E-state index contributed by atoms with van der Waals surface area (Å²) >= 11 is 1.33. The van der Waals surface area contributed by atoms with Crippen LogP contribution in [0.5, 0.6) is 0 Å². The van der Waals surface area contributed by atoms with Gasteiger partial charge < -0.3 is 9.64 Å². The Morgan fingerprint density at radius 2 is 2.08 bits per heavy atom. The number of nitrogens with zero attached hydrogens (tertiary/aromatic N) is 4. The van der Waals surface area contributed by atoms with Crippen molar-refractivity contribution in [1.29, 1.82) is 0 Å². The van der Waals surface area contributed by atoms with Crippen LogP contribution in [0.15, 0.2) is 0 Å². The van der Waals surface area contributed by atoms with Crippen molar-refractivity contribution in [2.75, 3.05) is 44.7 Å². The largest absolute Gasteiger partial charge is 0.379 e. The van der Waals surface area contributed by atoms with Crippen molar-refractivity contribution < 1.29 is 17.9 Å². The summed E-state index contributed by atoms with van der Waals surface area (Å²) in [5.41, 5.74) is 0. The van der Waals surface area contributed by atoms with E-state index in [0.717, 1.165) is 11.4 Å². The molecule has 2 aliphatic heterocycles. The molecule has 2 saturated heterocycles. The van der Waals surface area contributed by atoms with Gasteiger partial charge in [0.05, 0.1) is 18.5 Å². The minimum Gasteiger partial charge on any atom is -0.379 e. The third kappa shape index (κ3) is 4.27. The summed E-state index contributed by atoms with van der Waals surface area (Å²) in [6.45, 7) is 4.33. The number of ether oxygens (including phenoxy) is 1. The summed E-state index contributed by atoms with van der Waals surface area (Å²) < 4.78 is 32.3. The molecule has 0 bridgehead atoms. The lowest BCUT2D eigenvalue weighted by molar-refractivity contribution is 0.0721. The Kier molecular flexibility index (Phi) is 5.87. The molecule has 0 radical (unpaired) electrons. The highest BCUT2D eigenvalue weighted by Gasteiger charge is 2.37. The zero-order valence-electron chi connectivity index (χ0n) is 14.2. The van der Waals surface area contributed by atoms with E-state index >= 15 is 0 Å². The monoisotopic (exact) mass is 389 g/mol. The van der Waals surface area contributed by atoms with Crippen LogP contribution in [0.3, 0.4) is 0 Å². The van der Waals surface area contributed by atoms with E-state index < -0.39 is 15.3 Å². The Hall–Kier alpha value is -1.30. The molecule has 2 aliphatic rings. The topological polar surface area (TPSA) is 105 Å². The number of rotatable bonds is 4. The van der Waals surface area contributed by atoms with Crippen LogP contribution < -0.4 is 5.32 Å². The van der Waals surface area contributed by atoms with Gasteiger partial charge in [0, 0.05) is 26.2 Å². The highest BCUT2D eigenvalue weighted by molar-refractivity contribution is 7.89. The van der Waals surface area contributed by atoms with Crippen molar-refractivity contribution in [3.8, 4) is 0 Å². The number of morpholine rings is 1. The summed E-state index contributed by atoms with van der Waals surface area (Å²) in [4.78, 5) is 14.0. The first-order chi connectivity index (χ1) is 12.0. The predicted molar refractivity (Wildman–Crippen MR) is 94.2 cm³/mol. The number of aryl methyl sites for hydroxylation is 1. The van der Waals surface area contributed by atoms with E-state index in [1.807, 2.05) is 6.92 Å². The molecule has 2 amide bonds. The van der Waals surface area contributed by atoms with Crippen LogP contribution in [0.1, 0.15) is 24.8 Å². The smallest absolute Gasteiger partial charge is 0.323 e. The van der Waals surface area contributed by atoms with Gasteiger partial charge in [-0.1, -0.05) is 18.3 Å². The summed E-state index contributed by atoms with van der Waals surface area (Å²) in [5, 5.41) is 11.4. The average molecular weight is 390 g/mol. The molecule has 1 N–H and O–H groups in total. The van der Waals surface area contributed by atoms with Gasteiger partial charge in [0.15, 0.2) is 0 Å². The minimum atomic E-state index is -3.42. The second kappa shape index (κ2) is 7.94. The van der Waals surface area contributed by atoms with Crippen LogP contribution in [0.2, 0.25) is 0 Å². The van der Waals surface area contributed by atoms with Crippen molar-refractivity contribution in [1.82, 2.24) is 19.4 Å². The summed E-state index contributed by atoms with van der Waals surface area (Å²) in [6.07, 6.45) is 2.00.